The zero-order valence-corrected chi connectivity index (χ0v) is 12.9. The molecule has 1 N–H and O–H groups in total. The number of rotatable bonds is 8. The van der Waals surface area contributed by atoms with Crippen molar-refractivity contribution in [2.45, 2.75) is 19.4 Å². The third-order valence-electron chi connectivity index (χ3n) is 3.26. The summed E-state index contributed by atoms with van der Waals surface area (Å²) >= 11 is 0. The number of ether oxygens (including phenoxy) is 2. The van der Waals surface area contributed by atoms with Gasteiger partial charge in [-0.1, -0.05) is 18.2 Å². The van der Waals surface area contributed by atoms with Crippen LogP contribution in [0.5, 0.6) is 0 Å². The van der Waals surface area contributed by atoms with E-state index in [0.717, 1.165) is 18.1 Å². The first kappa shape index (κ1) is 15.5. The Morgan fingerprint density at radius 1 is 1.24 bits per heavy atom. The second kappa shape index (κ2) is 7.81. The van der Waals surface area contributed by atoms with Crippen LogP contribution in [-0.2, 0) is 15.9 Å². The van der Waals surface area contributed by atoms with E-state index < -0.39 is 0 Å². The molecule has 1 unspecified atom stereocenters. The number of aromatic nitrogens is 2. The Balaban J connectivity index is 2.24. The summed E-state index contributed by atoms with van der Waals surface area (Å²) in [5.41, 5.74) is 2.36. The summed E-state index contributed by atoms with van der Waals surface area (Å²) in [6, 6.07) is 8.50. The molecule has 1 heterocycles. The highest BCUT2D eigenvalue weighted by Crippen LogP contribution is 2.20. The van der Waals surface area contributed by atoms with Crippen molar-refractivity contribution in [3.05, 3.63) is 42.2 Å². The molecule has 1 atom stereocenters. The molecule has 2 rings (SSSR count). The normalized spacial score (nSPS) is 12.3. The van der Waals surface area contributed by atoms with Gasteiger partial charge in [0.15, 0.2) is 0 Å². The second-order valence-corrected chi connectivity index (χ2v) is 4.99. The minimum absolute atomic E-state index is 0.197. The van der Waals surface area contributed by atoms with Gasteiger partial charge in [-0.2, -0.15) is 0 Å². The van der Waals surface area contributed by atoms with Crippen LogP contribution in [0.2, 0.25) is 0 Å². The molecule has 0 radical (unpaired) electrons. The number of nitrogens with zero attached hydrogens (tertiary/aromatic N) is 2. The van der Waals surface area contributed by atoms with Crippen molar-refractivity contribution in [3.8, 4) is 5.69 Å². The van der Waals surface area contributed by atoms with Gasteiger partial charge in [0.1, 0.15) is 0 Å². The molecule has 0 aliphatic carbocycles. The molecule has 5 heteroatoms. The average Bonchev–Trinajstić information content (AvgIpc) is 2.93. The number of hydrogen-bond donors (Lipinski definition) is 1. The van der Waals surface area contributed by atoms with Crippen molar-refractivity contribution in [2.75, 3.05) is 32.8 Å². The second-order valence-electron chi connectivity index (χ2n) is 4.99. The molecule has 0 aliphatic rings. The number of hydrogen-bond acceptors (Lipinski definition) is 4. The molecule has 0 aliphatic heterocycles. The van der Waals surface area contributed by atoms with Crippen molar-refractivity contribution < 1.29 is 9.47 Å². The van der Waals surface area contributed by atoms with Gasteiger partial charge in [0.2, 0.25) is 5.95 Å². The average molecular weight is 289 g/mol. The van der Waals surface area contributed by atoms with E-state index in [1.54, 1.807) is 20.4 Å². The Morgan fingerprint density at radius 3 is 2.81 bits per heavy atom. The Bertz CT molecular complexity index is 554. The van der Waals surface area contributed by atoms with Crippen LogP contribution in [0.25, 0.3) is 5.69 Å². The zero-order chi connectivity index (χ0) is 15.1. The van der Waals surface area contributed by atoms with Crippen molar-refractivity contribution in [3.63, 3.8) is 0 Å². The van der Waals surface area contributed by atoms with Crippen LogP contribution in [0.15, 0.2) is 36.7 Å². The molecule has 0 spiro atoms. The van der Waals surface area contributed by atoms with Crippen LogP contribution in [0, 0.1) is 0 Å². The van der Waals surface area contributed by atoms with E-state index in [9.17, 15) is 0 Å². The topological polar surface area (TPSA) is 48.3 Å². The molecule has 114 valence electrons. The van der Waals surface area contributed by atoms with Crippen LogP contribution in [0.4, 0.5) is 5.95 Å². The number of benzene rings is 1. The van der Waals surface area contributed by atoms with E-state index in [1.165, 1.54) is 5.56 Å². The van der Waals surface area contributed by atoms with Gasteiger partial charge in [-0.05, 0) is 25.0 Å². The number of imidazole rings is 1. The molecule has 21 heavy (non-hydrogen) atoms. The number of nitrogens with one attached hydrogen (secondary N) is 1. The van der Waals surface area contributed by atoms with Gasteiger partial charge in [0.05, 0.1) is 18.9 Å². The highest BCUT2D eigenvalue weighted by atomic mass is 16.5. The first-order chi connectivity index (χ1) is 10.3. The van der Waals surface area contributed by atoms with Gasteiger partial charge in [-0.3, -0.25) is 4.57 Å². The maximum absolute atomic E-state index is 5.19. The van der Waals surface area contributed by atoms with Gasteiger partial charge in [0, 0.05) is 32.7 Å². The van der Waals surface area contributed by atoms with E-state index in [1.807, 2.05) is 18.3 Å². The Labute approximate surface area is 125 Å². The largest absolute Gasteiger partial charge is 0.384 e. The third kappa shape index (κ3) is 4.06. The molecule has 0 amide bonds. The van der Waals surface area contributed by atoms with Gasteiger partial charge in [-0.25, -0.2) is 4.98 Å². The fourth-order valence-corrected chi connectivity index (χ4v) is 2.29. The molecule has 2 aromatic rings. The number of methoxy groups -OCH3 is 2. The first-order valence-electron chi connectivity index (χ1n) is 7.12. The first-order valence-corrected chi connectivity index (χ1v) is 7.12. The maximum Gasteiger partial charge on any atom is 0.207 e. The van der Waals surface area contributed by atoms with E-state index in [2.05, 4.69) is 33.9 Å². The van der Waals surface area contributed by atoms with E-state index in [4.69, 9.17) is 9.47 Å². The SMILES string of the molecule is COCCc1ccccc1-n1ccnc1NC(C)COC. The van der Waals surface area contributed by atoms with E-state index >= 15 is 0 Å². The van der Waals surface area contributed by atoms with E-state index in [0.29, 0.717) is 13.2 Å². The Kier molecular flexibility index (Phi) is 5.78. The predicted molar refractivity (Wildman–Crippen MR) is 84.1 cm³/mol. The number of anilines is 1. The molecular weight excluding hydrogens is 266 g/mol. The van der Waals surface area contributed by atoms with Crippen LogP contribution in [0.3, 0.4) is 0 Å². The van der Waals surface area contributed by atoms with Crippen LogP contribution >= 0.6 is 0 Å². The number of para-hydroxylation sites is 1. The molecule has 0 saturated carbocycles. The lowest BCUT2D eigenvalue weighted by Gasteiger charge is -2.17. The van der Waals surface area contributed by atoms with Crippen molar-refractivity contribution >= 4 is 5.95 Å². The summed E-state index contributed by atoms with van der Waals surface area (Å²) in [6.07, 6.45) is 4.64. The molecule has 1 aromatic carbocycles. The Hall–Kier alpha value is -1.85. The van der Waals surface area contributed by atoms with Crippen molar-refractivity contribution in [1.82, 2.24) is 9.55 Å². The lowest BCUT2D eigenvalue weighted by molar-refractivity contribution is 0.190. The standard InChI is InChI=1S/C16H23N3O2/c1-13(12-21-3)18-16-17-9-10-19(16)15-7-5-4-6-14(15)8-11-20-2/h4-7,9-10,13H,8,11-12H2,1-3H3,(H,17,18). The summed E-state index contributed by atoms with van der Waals surface area (Å²) in [5, 5.41) is 3.37. The zero-order valence-electron chi connectivity index (χ0n) is 12.9. The quantitative estimate of drug-likeness (QED) is 0.811. The van der Waals surface area contributed by atoms with Gasteiger partial charge in [-0.15, -0.1) is 0 Å². The summed E-state index contributed by atoms with van der Waals surface area (Å²) < 4.78 is 12.4. The monoisotopic (exact) mass is 289 g/mol. The van der Waals surface area contributed by atoms with Crippen LogP contribution < -0.4 is 5.32 Å². The highest BCUT2D eigenvalue weighted by molar-refractivity contribution is 5.47. The lowest BCUT2D eigenvalue weighted by atomic mass is 10.1. The summed E-state index contributed by atoms with van der Waals surface area (Å²) in [5.74, 6) is 0.824. The predicted octanol–water partition coefficient (Wildman–Crippen LogP) is 2.51. The minimum atomic E-state index is 0.197. The van der Waals surface area contributed by atoms with Gasteiger partial charge in [0.25, 0.3) is 0 Å². The summed E-state index contributed by atoms with van der Waals surface area (Å²) in [7, 11) is 3.42. The van der Waals surface area contributed by atoms with Crippen LogP contribution in [0.1, 0.15) is 12.5 Å². The van der Waals surface area contributed by atoms with Gasteiger partial charge >= 0.3 is 0 Å². The molecule has 0 fully saturated rings. The van der Waals surface area contributed by atoms with E-state index in [-0.39, 0.29) is 6.04 Å². The van der Waals surface area contributed by atoms with Crippen LogP contribution in [-0.4, -0.2) is 43.0 Å². The maximum atomic E-state index is 5.19. The molecule has 0 bridgehead atoms. The lowest BCUT2D eigenvalue weighted by Crippen LogP contribution is -2.23. The minimum Gasteiger partial charge on any atom is -0.384 e. The fourth-order valence-electron chi connectivity index (χ4n) is 2.29. The van der Waals surface area contributed by atoms with Crippen molar-refractivity contribution in [1.29, 1.82) is 0 Å². The molecule has 1 aromatic heterocycles. The molecule has 0 saturated heterocycles. The van der Waals surface area contributed by atoms with Gasteiger partial charge < -0.3 is 14.8 Å². The fraction of sp³-hybridized carbons (Fsp3) is 0.438. The Morgan fingerprint density at radius 2 is 2.05 bits per heavy atom. The third-order valence-corrected chi connectivity index (χ3v) is 3.26. The highest BCUT2D eigenvalue weighted by Gasteiger charge is 2.11. The smallest absolute Gasteiger partial charge is 0.207 e. The summed E-state index contributed by atoms with van der Waals surface area (Å²) in [4.78, 5) is 4.40. The van der Waals surface area contributed by atoms with Crippen molar-refractivity contribution in [2.24, 2.45) is 0 Å². The molecule has 5 nitrogen and oxygen atoms in total. The molecular formula is C16H23N3O2. The summed E-state index contributed by atoms with van der Waals surface area (Å²) in [6.45, 7) is 3.41.